The Balaban J connectivity index is 2.55. The zero-order chi connectivity index (χ0) is 12.6. The molecule has 0 saturated carbocycles. The number of nitrogens with zero attached hydrogens (tertiary/aromatic N) is 2. The summed E-state index contributed by atoms with van der Waals surface area (Å²) in [5.74, 6) is 0. The van der Waals surface area contributed by atoms with Crippen molar-refractivity contribution in [1.29, 1.82) is 0 Å². The third kappa shape index (κ3) is 2.46. The van der Waals surface area contributed by atoms with Crippen LogP contribution in [0.2, 0.25) is 5.02 Å². The molecule has 1 heterocycles. The molecule has 0 fully saturated rings. The standard InChI is InChI=1S/C10H8Cl2N2O2S/c1-7-10(17(12,15)16)6-13-14(7)9-4-2-8(11)3-5-9/h2-6H,1H3. The quantitative estimate of drug-likeness (QED) is 0.799. The molecule has 0 aliphatic heterocycles. The van der Waals surface area contributed by atoms with Gasteiger partial charge in [0.25, 0.3) is 9.05 Å². The smallest absolute Gasteiger partial charge is 0.237 e. The van der Waals surface area contributed by atoms with Gasteiger partial charge in [0, 0.05) is 15.7 Å². The average Bonchev–Trinajstić information content (AvgIpc) is 2.61. The zero-order valence-corrected chi connectivity index (χ0v) is 11.1. The first-order valence-corrected chi connectivity index (χ1v) is 7.33. The van der Waals surface area contributed by atoms with E-state index in [1.807, 2.05) is 0 Å². The molecule has 0 aliphatic rings. The summed E-state index contributed by atoms with van der Waals surface area (Å²) in [6.07, 6.45) is 1.23. The first-order valence-electron chi connectivity index (χ1n) is 4.65. The first kappa shape index (κ1) is 12.4. The lowest BCUT2D eigenvalue weighted by Gasteiger charge is -2.04. The Kier molecular flexibility index (Phi) is 3.16. The molecule has 2 rings (SSSR count). The van der Waals surface area contributed by atoms with Crippen LogP contribution in [0.1, 0.15) is 5.69 Å². The van der Waals surface area contributed by atoms with Gasteiger partial charge in [-0.25, -0.2) is 13.1 Å². The highest BCUT2D eigenvalue weighted by molar-refractivity contribution is 8.13. The Morgan fingerprint density at radius 1 is 1.24 bits per heavy atom. The molecule has 1 aromatic heterocycles. The van der Waals surface area contributed by atoms with Crippen LogP contribution < -0.4 is 0 Å². The van der Waals surface area contributed by atoms with Gasteiger partial charge >= 0.3 is 0 Å². The summed E-state index contributed by atoms with van der Waals surface area (Å²) in [5.41, 5.74) is 1.18. The molecule has 0 bridgehead atoms. The van der Waals surface area contributed by atoms with E-state index in [0.29, 0.717) is 10.7 Å². The number of hydrogen-bond acceptors (Lipinski definition) is 3. The van der Waals surface area contributed by atoms with Gasteiger partial charge in [0.05, 0.1) is 17.6 Å². The Bertz CT molecular complexity index is 647. The second-order valence-electron chi connectivity index (χ2n) is 3.42. The van der Waals surface area contributed by atoms with Gasteiger partial charge in [-0.3, -0.25) is 0 Å². The van der Waals surface area contributed by atoms with Crippen LogP contribution in [0.25, 0.3) is 5.69 Å². The fraction of sp³-hybridized carbons (Fsp3) is 0.100. The average molecular weight is 291 g/mol. The van der Waals surface area contributed by atoms with Crippen molar-refractivity contribution in [1.82, 2.24) is 9.78 Å². The Morgan fingerprint density at radius 3 is 2.29 bits per heavy atom. The highest BCUT2D eigenvalue weighted by Crippen LogP contribution is 2.22. The van der Waals surface area contributed by atoms with Crippen LogP contribution in [-0.4, -0.2) is 18.2 Å². The van der Waals surface area contributed by atoms with Crippen LogP contribution in [-0.2, 0) is 9.05 Å². The van der Waals surface area contributed by atoms with Gasteiger partial charge in [0.1, 0.15) is 4.90 Å². The second kappa shape index (κ2) is 4.33. The number of hydrogen-bond donors (Lipinski definition) is 0. The summed E-state index contributed by atoms with van der Waals surface area (Å²) >= 11 is 5.77. The van der Waals surface area contributed by atoms with Crippen LogP contribution in [0, 0.1) is 6.92 Å². The lowest BCUT2D eigenvalue weighted by Crippen LogP contribution is -2.00. The lowest BCUT2D eigenvalue weighted by atomic mass is 10.3. The molecule has 0 atom stereocenters. The molecule has 2 aromatic rings. The maximum Gasteiger partial charge on any atom is 0.264 e. The molecule has 0 saturated heterocycles. The van der Waals surface area contributed by atoms with E-state index in [9.17, 15) is 8.42 Å². The molecule has 7 heteroatoms. The number of aromatic nitrogens is 2. The van der Waals surface area contributed by atoms with Crippen molar-refractivity contribution in [3.8, 4) is 5.69 Å². The maximum atomic E-state index is 11.2. The van der Waals surface area contributed by atoms with E-state index >= 15 is 0 Å². The van der Waals surface area contributed by atoms with E-state index in [-0.39, 0.29) is 4.90 Å². The Hall–Kier alpha value is -1.04. The van der Waals surface area contributed by atoms with Crippen LogP contribution in [0.5, 0.6) is 0 Å². The number of rotatable bonds is 2. The van der Waals surface area contributed by atoms with E-state index in [1.165, 1.54) is 10.9 Å². The molecule has 0 aliphatic carbocycles. The third-order valence-corrected chi connectivity index (χ3v) is 3.98. The maximum absolute atomic E-state index is 11.2. The summed E-state index contributed by atoms with van der Waals surface area (Å²) in [7, 11) is 1.52. The van der Waals surface area contributed by atoms with Gasteiger partial charge in [0.2, 0.25) is 0 Å². The molecule has 90 valence electrons. The van der Waals surface area contributed by atoms with Gasteiger partial charge < -0.3 is 0 Å². The molecule has 0 N–H and O–H groups in total. The summed E-state index contributed by atoms with van der Waals surface area (Å²) in [5, 5.41) is 4.59. The van der Waals surface area contributed by atoms with Crippen molar-refractivity contribution in [3.05, 3.63) is 41.2 Å². The molecule has 0 radical (unpaired) electrons. The summed E-state index contributed by atoms with van der Waals surface area (Å²) in [4.78, 5) is 0.00844. The normalized spacial score (nSPS) is 11.7. The van der Waals surface area contributed by atoms with Crippen molar-refractivity contribution in [2.45, 2.75) is 11.8 Å². The second-order valence-corrected chi connectivity index (χ2v) is 6.39. The molecule has 0 amide bonds. The van der Waals surface area contributed by atoms with E-state index in [0.717, 1.165) is 5.69 Å². The van der Waals surface area contributed by atoms with E-state index in [4.69, 9.17) is 22.3 Å². The Labute approximate surface area is 108 Å². The monoisotopic (exact) mass is 290 g/mol. The molecule has 0 spiro atoms. The van der Waals surface area contributed by atoms with Crippen molar-refractivity contribution >= 4 is 31.3 Å². The lowest BCUT2D eigenvalue weighted by molar-refractivity contribution is 0.609. The van der Waals surface area contributed by atoms with Crippen LogP contribution >= 0.6 is 22.3 Å². The van der Waals surface area contributed by atoms with E-state index < -0.39 is 9.05 Å². The number of benzene rings is 1. The van der Waals surface area contributed by atoms with Crippen molar-refractivity contribution in [3.63, 3.8) is 0 Å². The van der Waals surface area contributed by atoms with Crippen LogP contribution in [0.15, 0.2) is 35.4 Å². The molecule has 1 aromatic carbocycles. The Morgan fingerprint density at radius 2 is 1.82 bits per heavy atom. The number of halogens is 2. The van der Waals surface area contributed by atoms with Crippen LogP contribution in [0.4, 0.5) is 0 Å². The molecular formula is C10H8Cl2N2O2S. The van der Waals surface area contributed by atoms with Gasteiger partial charge in [-0.15, -0.1) is 0 Å². The fourth-order valence-corrected chi connectivity index (χ4v) is 2.67. The molecule has 0 unspecified atom stereocenters. The minimum Gasteiger partial charge on any atom is -0.237 e. The summed E-state index contributed by atoms with van der Waals surface area (Å²) in [6, 6.07) is 6.89. The van der Waals surface area contributed by atoms with Crippen molar-refractivity contribution < 1.29 is 8.42 Å². The first-order chi connectivity index (χ1) is 7.89. The largest absolute Gasteiger partial charge is 0.264 e. The third-order valence-electron chi connectivity index (χ3n) is 2.30. The van der Waals surface area contributed by atoms with E-state index in [1.54, 1.807) is 31.2 Å². The molecular weight excluding hydrogens is 283 g/mol. The predicted octanol–water partition coefficient (Wildman–Crippen LogP) is 2.76. The molecule has 4 nitrogen and oxygen atoms in total. The van der Waals surface area contributed by atoms with Gasteiger partial charge in [-0.2, -0.15) is 5.10 Å². The van der Waals surface area contributed by atoms with Crippen molar-refractivity contribution in [2.24, 2.45) is 0 Å². The predicted molar refractivity (Wildman–Crippen MR) is 66.3 cm³/mol. The zero-order valence-electron chi connectivity index (χ0n) is 8.76. The fourth-order valence-electron chi connectivity index (χ4n) is 1.48. The van der Waals surface area contributed by atoms with Gasteiger partial charge in [0.15, 0.2) is 0 Å². The summed E-state index contributed by atoms with van der Waals surface area (Å²) in [6.45, 7) is 1.64. The minimum absolute atomic E-state index is 0.00844. The summed E-state index contributed by atoms with van der Waals surface area (Å²) < 4.78 is 24.0. The van der Waals surface area contributed by atoms with Crippen molar-refractivity contribution in [2.75, 3.05) is 0 Å². The van der Waals surface area contributed by atoms with E-state index in [2.05, 4.69) is 5.10 Å². The highest BCUT2D eigenvalue weighted by Gasteiger charge is 2.18. The highest BCUT2D eigenvalue weighted by atomic mass is 35.7. The topological polar surface area (TPSA) is 52.0 Å². The minimum atomic E-state index is -3.77. The molecule has 17 heavy (non-hydrogen) atoms. The SMILES string of the molecule is Cc1c(S(=O)(=O)Cl)cnn1-c1ccc(Cl)cc1. The van der Waals surface area contributed by atoms with Gasteiger partial charge in [-0.1, -0.05) is 11.6 Å². The van der Waals surface area contributed by atoms with Crippen LogP contribution in [0.3, 0.4) is 0 Å². The van der Waals surface area contributed by atoms with Gasteiger partial charge in [-0.05, 0) is 31.2 Å².